The second-order valence-electron chi connectivity index (χ2n) is 9.11. The number of amides is 1. The molecule has 1 aromatic heterocycles. The van der Waals surface area contributed by atoms with Crippen LogP contribution >= 0.6 is 0 Å². The van der Waals surface area contributed by atoms with Gasteiger partial charge in [-0.15, -0.1) is 0 Å². The van der Waals surface area contributed by atoms with Crippen LogP contribution in [-0.2, 0) is 26.4 Å². The Morgan fingerprint density at radius 2 is 1.87 bits per heavy atom. The van der Waals surface area contributed by atoms with Gasteiger partial charge >= 0.3 is 0 Å². The third-order valence-corrected chi connectivity index (χ3v) is 6.84. The zero-order chi connectivity index (χ0) is 21.3. The maximum Gasteiger partial charge on any atom is 0.274 e. The molecule has 30 heavy (non-hydrogen) atoms. The van der Waals surface area contributed by atoms with Crippen molar-refractivity contribution in [1.29, 1.82) is 0 Å². The van der Waals surface area contributed by atoms with E-state index in [9.17, 15) is 4.79 Å². The van der Waals surface area contributed by atoms with Gasteiger partial charge in [0.2, 0.25) is 0 Å². The number of benzene rings is 1. The minimum Gasteiger partial charge on any atom is -0.336 e. The summed E-state index contributed by atoms with van der Waals surface area (Å²) in [6, 6.07) is 11.3. The van der Waals surface area contributed by atoms with Gasteiger partial charge in [0.05, 0.1) is 0 Å². The van der Waals surface area contributed by atoms with Crippen LogP contribution in [0, 0.1) is 0 Å². The van der Waals surface area contributed by atoms with Crippen molar-refractivity contribution in [2.75, 3.05) is 33.2 Å². The first-order chi connectivity index (χ1) is 14.4. The molecule has 6 heteroatoms. The van der Waals surface area contributed by atoms with E-state index in [0.717, 1.165) is 51.0 Å². The van der Waals surface area contributed by atoms with Gasteiger partial charge in [-0.1, -0.05) is 30.3 Å². The number of carbonyl (C=O) groups excluding carboxylic acids is 1. The maximum atomic E-state index is 13.3. The molecule has 2 aliphatic rings. The average molecular weight is 410 g/mol. The number of aryl methyl sites for hydroxylation is 1. The molecule has 0 saturated carbocycles. The lowest BCUT2D eigenvalue weighted by molar-refractivity contribution is 0.0718. The van der Waals surface area contributed by atoms with Crippen molar-refractivity contribution < 1.29 is 4.79 Å². The van der Waals surface area contributed by atoms with E-state index in [1.807, 2.05) is 37.0 Å². The molecule has 2 aromatic rings. The van der Waals surface area contributed by atoms with Gasteiger partial charge in [0, 0.05) is 70.2 Å². The van der Waals surface area contributed by atoms with Gasteiger partial charge in [0.15, 0.2) is 5.69 Å². The van der Waals surface area contributed by atoms with E-state index in [4.69, 9.17) is 0 Å². The summed E-state index contributed by atoms with van der Waals surface area (Å²) in [5, 5.41) is 4.67. The third kappa shape index (κ3) is 4.30. The van der Waals surface area contributed by atoms with E-state index in [1.165, 1.54) is 11.3 Å². The predicted octanol–water partition coefficient (Wildman–Crippen LogP) is 2.58. The molecule has 1 fully saturated rings. The molecule has 1 aliphatic carbocycles. The Bertz CT molecular complexity index is 867. The van der Waals surface area contributed by atoms with Crippen molar-refractivity contribution in [1.82, 2.24) is 24.5 Å². The largest absolute Gasteiger partial charge is 0.336 e. The molecule has 0 spiro atoms. The Hall–Kier alpha value is -2.18. The number of aromatic nitrogens is 2. The summed E-state index contributed by atoms with van der Waals surface area (Å²) in [5.41, 5.74) is 4.20. The summed E-state index contributed by atoms with van der Waals surface area (Å²) in [5.74, 6) is 0.0287. The fraction of sp³-hybridized carbons (Fsp3) is 0.583. The Labute approximate surface area is 180 Å². The van der Waals surface area contributed by atoms with E-state index in [0.29, 0.717) is 24.3 Å². The quantitative estimate of drug-likeness (QED) is 0.761. The van der Waals surface area contributed by atoms with Crippen molar-refractivity contribution >= 4 is 5.91 Å². The first-order valence-corrected chi connectivity index (χ1v) is 11.3. The minimum absolute atomic E-state index is 0.0287. The topological polar surface area (TPSA) is 44.6 Å². The summed E-state index contributed by atoms with van der Waals surface area (Å²) >= 11 is 0. The molecule has 1 amide bonds. The fourth-order valence-electron chi connectivity index (χ4n) is 4.98. The van der Waals surface area contributed by atoms with E-state index < -0.39 is 0 Å². The first-order valence-electron chi connectivity index (χ1n) is 11.3. The molecule has 6 nitrogen and oxygen atoms in total. The number of fused-ring (bicyclic) bond motifs is 1. The van der Waals surface area contributed by atoms with Gasteiger partial charge in [-0.25, -0.2) is 0 Å². The van der Waals surface area contributed by atoms with Crippen molar-refractivity contribution in [2.24, 2.45) is 7.05 Å². The van der Waals surface area contributed by atoms with Crippen molar-refractivity contribution in [3.63, 3.8) is 0 Å². The van der Waals surface area contributed by atoms with Crippen LogP contribution in [0.5, 0.6) is 0 Å². The number of rotatable bonds is 5. The molecular formula is C24H35N5O. The van der Waals surface area contributed by atoms with E-state index >= 15 is 0 Å². The van der Waals surface area contributed by atoms with Crippen LogP contribution in [0.4, 0.5) is 0 Å². The lowest BCUT2D eigenvalue weighted by Crippen LogP contribution is -2.53. The molecule has 0 N–H and O–H groups in total. The Kier molecular flexibility index (Phi) is 6.25. The molecule has 162 valence electrons. The molecule has 1 aromatic carbocycles. The number of hydrogen-bond donors (Lipinski definition) is 0. The molecular weight excluding hydrogens is 374 g/mol. The van der Waals surface area contributed by atoms with Crippen LogP contribution in [0.25, 0.3) is 0 Å². The van der Waals surface area contributed by atoms with Gasteiger partial charge in [0.1, 0.15) is 0 Å². The second kappa shape index (κ2) is 8.90. The van der Waals surface area contributed by atoms with E-state index in [1.54, 1.807) is 4.90 Å². The van der Waals surface area contributed by atoms with E-state index in [-0.39, 0.29) is 5.91 Å². The standard InChI is InChI=1S/C24H35N5O/c1-18(2)28-12-14-29(15-13-28)20-10-11-22-21(16-20)23(25-27(22)4)24(30)26(3)17-19-8-6-5-7-9-19/h5-9,18,20H,10-17H2,1-4H3. The van der Waals surface area contributed by atoms with Crippen LogP contribution in [0.3, 0.4) is 0 Å². The Morgan fingerprint density at radius 3 is 2.53 bits per heavy atom. The van der Waals surface area contributed by atoms with Crippen LogP contribution < -0.4 is 0 Å². The Morgan fingerprint density at radius 1 is 1.17 bits per heavy atom. The van der Waals surface area contributed by atoms with Crippen molar-refractivity contribution in [3.8, 4) is 0 Å². The van der Waals surface area contributed by atoms with Gasteiger partial charge in [0.25, 0.3) is 5.91 Å². The predicted molar refractivity (Wildman–Crippen MR) is 120 cm³/mol. The summed E-state index contributed by atoms with van der Waals surface area (Å²) in [6.07, 6.45) is 3.09. The molecule has 4 rings (SSSR count). The summed E-state index contributed by atoms with van der Waals surface area (Å²) in [6.45, 7) is 9.68. The van der Waals surface area contributed by atoms with Crippen molar-refractivity contribution in [2.45, 2.75) is 51.7 Å². The fourth-order valence-corrected chi connectivity index (χ4v) is 4.98. The number of nitrogens with zero attached hydrogens (tertiary/aromatic N) is 5. The lowest BCUT2D eigenvalue weighted by Gasteiger charge is -2.42. The number of carbonyl (C=O) groups is 1. The Balaban J connectivity index is 1.47. The highest BCUT2D eigenvalue weighted by Gasteiger charge is 2.33. The highest BCUT2D eigenvalue weighted by Crippen LogP contribution is 2.28. The van der Waals surface area contributed by atoms with Crippen LogP contribution in [-0.4, -0.2) is 75.7 Å². The highest BCUT2D eigenvalue weighted by molar-refractivity contribution is 5.94. The minimum atomic E-state index is 0.0287. The van der Waals surface area contributed by atoms with E-state index in [2.05, 4.69) is 40.9 Å². The summed E-state index contributed by atoms with van der Waals surface area (Å²) in [7, 11) is 3.86. The average Bonchev–Trinajstić information content (AvgIpc) is 3.09. The van der Waals surface area contributed by atoms with Gasteiger partial charge < -0.3 is 4.90 Å². The van der Waals surface area contributed by atoms with Gasteiger partial charge in [-0.3, -0.25) is 19.3 Å². The smallest absolute Gasteiger partial charge is 0.274 e. The first kappa shape index (κ1) is 21.1. The van der Waals surface area contributed by atoms with Crippen LogP contribution in [0.1, 0.15) is 47.6 Å². The number of hydrogen-bond acceptors (Lipinski definition) is 4. The van der Waals surface area contributed by atoms with Gasteiger partial charge in [-0.05, 0) is 38.7 Å². The molecule has 1 saturated heterocycles. The maximum absolute atomic E-state index is 13.3. The lowest BCUT2D eigenvalue weighted by atomic mass is 9.89. The molecule has 0 bridgehead atoms. The van der Waals surface area contributed by atoms with Gasteiger partial charge in [-0.2, -0.15) is 5.10 Å². The van der Waals surface area contributed by atoms with Crippen LogP contribution in [0.15, 0.2) is 30.3 Å². The highest BCUT2D eigenvalue weighted by atomic mass is 16.2. The molecule has 0 radical (unpaired) electrons. The SMILES string of the molecule is CC(C)N1CCN(C2CCc3c(c(C(=O)N(C)Cc4ccccc4)nn3C)C2)CC1. The molecule has 2 heterocycles. The molecule has 1 atom stereocenters. The monoisotopic (exact) mass is 409 g/mol. The third-order valence-electron chi connectivity index (χ3n) is 6.84. The normalized spacial score (nSPS) is 20.4. The van der Waals surface area contributed by atoms with Crippen molar-refractivity contribution in [3.05, 3.63) is 52.8 Å². The molecule has 1 unspecified atom stereocenters. The summed E-state index contributed by atoms with van der Waals surface area (Å²) in [4.78, 5) is 20.3. The second-order valence-corrected chi connectivity index (χ2v) is 9.11. The zero-order valence-corrected chi connectivity index (χ0v) is 18.8. The summed E-state index contributed by atoms with van der Waals surface area (Å²) < 4.78 is 1.94. The molecule has 1 aliphatic heterocycles. The zero-order valence-electron chi connectivity index (χ0n) is 18.8. The van der Waals surface area contributed by atoms with Crippen LogP contribution in [0.2, 0.25) is 0 Å². The number of piperazine rings is 1.